The van der Waals surface area contributed by atoms with E-state index in [0.717, 1.165) is 25.9 Å². The lowest BCUT2D eigenvalue weighted by molar-refractivity contribution is -0.131. The molecule has 1 aromatic heterocycles. The highest BCUT2D eigenvalue weighted by Crippen LogP contribution is 2.26. The van der Waals surface area contributed by atoms with Gasteiger partial charge in [0.25, 0.3) is 5.56 Å². The molecule has 5 nitrogen and oxygen atoms in total. The Labute approximate surface area is 169 Å². The van der Waals surface area contributed by atoms with Crippen LogP contribution in [0.5, 0.6) is 0 Å². The Kier molecular flexibility index (Phi) is 6.48. The SMILES string of the molecule is CC(C)Cn1c(S[C@H](C)C(=O)N2CCCCC2)nc2ccc(Cl)cc2c1=O. The van der Waals surface area contributed by atoms with Crippen LogP contribution in [0.25, 0.3) is 10.9 Å². The summed E-state index contributed by atoms with van der Waals surface area (Å²) in [6.45, 7) is 8.23. The molecular weight excluding hydrogens is 382 g/mol. The van der Waals surface area contributed by atoms with Gasteiger partial charge in [-0.1, -0.05) is 37.2 Å². The van der Waals surface area contributed by atoms with Crippen molar-refractivity contribution in [1.29, 1.82) is 0 Å². The number of carbonyl (C=O) groups is 1. The summed E-state index contributed by atoms with van der Waals surface area (Å²) in [6.07, 6.45) is 3.32. The summed E-state index contributed by atoms with van der Waals surface area (Å²) in [5.74, 6) is 0.412. The number of nitrogens with zero attached hydrogens (tertiary/aromatic N) is 3. The van der Waals surface area contributed by atoms with E-state index in [-0.39, 0.29) is 22.6 Å². The molecular formula is C20H26ClN3O2S. The second kappa shape index (κ2) is 8.65. The largest absolute Gasteiger partial charge is 0.342 e. The standard InChI is InChI=1S/C20H26ClN3O2S/c1-13(2)12-24-19(26)16-11-15(21)7-8-17(16)22-20(24)27-14(3)18(25)23-9-5-4-6-10-23/h7-8,11,13-14H,4-6,9-10,12H2,1-3H3/t14-/m1/s1. The molecule has 1 aliphatic heterocycles. The maximum atomic E-state index is 13.0. The molecule has 1 amide bonds. The Bertz CT molecular complexity index is 891. The van der Waals surface area contributed by atoms with E-state index in [0.29, 0.717) is 27.6 Å². The average molecular weight is 408 g/mol. The van der Waals surface area contributed by atoms with Crippen molar-refractivity contribution >= 4 is 40.2 Å². The minimum atomic E-state index is -0.279. The van der Waals surface area contributed by atoms with Gasteiger partial charge >= 0.3 is 0 Å². The van der Waals surface area contributed by atoms with Gasteiger partial charge in [-0.15, -0.1) is 0 Å². The highest BCUT2D eigenvalue weighted by molar-refractivity contribution is 8.00. The number of amides is 1. The van der Waals surface area contributed by atoms with Crippen molar-refractivity contribution < 1.29 is 4.79 Å². The maximum Gasteiger partial charge on any atom is 0.262 e. The number of hydrogen-bond donors (Lipinski definition) is 0. The number of piperidine rings is 1. The van der Waals surface area contributed by atoms with Crippen molar-refractivity contribution in [3.8, 4) is 0 Å². The van der Waals surface area contributed by atoms with Crippen LogP contribution in [0.2, 0.25) is 5.02 Å². The number of fused-ring (bicyclic) bond motifs is 1. The molecule has 0 unspecified atom stereocenters. The summed E-state index contributed by atoms with van der Waals surface area (Å²) >= 11 is 7.44. The maximum absolute atomic E-state index is 13.0. The minimum absolute atomic E-state index is 0.101. The zero-order chi connectivity index (χ0) is 19.6. The molecule has 146 valence electrons. The molecule has 0 spiro atoms. The van der Waals surface area contributed by atoms with Gasteiger partial charge in [0, 0.05) is 24.7 Å². The second-order valence-electron chi connectivity index (χ2n) is 7.51. The summed E-state index contributed by atoms with van der Waals surface area (Å²) in [5.41, 5.74) is 0.515. The molecule has 0 N–H and O–H groups in total. The van der Waals surface area contributed by atoms with Crippen LogP contribution in [-0.4, -0.2) is 38.7 Å². The quantitative estimate of drug-likeness (QED) is 0.550. The van der Waals surface area contributed by atoms with E-state index in [1.165, 1.54) is 18.2 Å². The number of carbonyl (C=O) groups excluding carboxylic acids is 1. The number of hydrogen-bond acceptors (Lipinski definition) is 4. The Morgan fingerprint density at radius 1 is 1.22 bits per heavy atom. The fraction of sp³-hybridized carbons (Fsp3) is 0.550. The summed E-state index contributed by atoms with van der Waals surface area (Å²) in [4.78, 5) is 32.5. The van der Waals surface area contributed by atoms with Crippen molar-refractivity contribution in [1.82, 2.24) is 14.5 Å². The molecule has 27 heavy (non-hydrogen) atoms. The molecule has 1 atom stereocenters. The predicted molar refractivity (Wildman–Crippen MR) is 112 cm³/mol. The first-order chi connectivity index (χ1) is 12.9. The average Bonchev–Trinajstić information content (AvgIpc) is 2.65. The topological polar surface area (TPSA) is 55.2 Å². The Balaban J connectivity index is 1.95. The molecule has 0 aliphatic carbocycles. The molecule has 0 radical (unpaired) electrons. The van der Waals surface area contributed by atoms with Gasteiger partial charge in [0.15, 0.2) is 5.16 Å². The minimum Gasteiger partial charge on any atom is -0.342 e. The molecule has 0 saturated carbocycles. The van der Waals surface area contributed by atoms with Gasteiger partial charge in [0.1, 0.15) is 0 Å². The zero-order valence-electron chi connectivity index (χ0n) is 16.1. The summed E-state index contributed by atoms with van der Waals surface area (Å²) in [5, 5.41) is 1.36. The molecule has 2 aromatic rings. The van der Waals surface area contributed by atoms with Crippen molar-refractivity contribution in [2.75, 3.05) is 13.1 Å². The number of rotatable bonds is 5. The van der Waals surface area contributed by atoms with Crippen molar-refractivity contribution in [3.63, 3.8) is 0 Å². The summed E-state index contributed by atoms with van der Waals surface area (Å²) in [6, 6.07) is 5.17. The van der Waals surface area contributed by atoms with Crippen LogP contribution in [0.3, 0.4) is 0 Å². The Hall–Kier alpha value is -1.53. The van der Waals surface area contributed by atoms with Crippen molar-refractivity contribution in [3.05, 3.63) is 33.6 Å². The number of halogens is 1. The molecule has 1 saturated heterocycles. The van der Waals surface area contributed by atoms with E-state index < -0.39 is 0 Å². The normalized spacial score (nSPS) is 16.1. The smallest absolute Gasteiger partial charge is 0.262 e. The summed E-state index contributed by atoms with van der Waals surface area (Å²) in [7, 11) is 0. The van der Waals surface area contributed by atoms with Gasteiger partial charge in [0.05, 0.1) is 16.2 Å². The molecule has 1 fully saturated rings. The van der Waals surface area contributed by atoms with E-state index in [1.807, 2.05) is 11.8 Å². The third-order valence-corrected chi connectivity index (χ3v) is 6.04. The van der Waals surface area contributed by atoms with Crippen LogP contribution in [-0.2, 0) is 11.3 Å². The van der Waals surface area contributed by atoms with Crippen LogP contribution >= 0.6 is 23.4 Å². The van der Waals surface area contributed by atoms with Crippen molar-refractivity contribution in [2.24, 2.45) is 5.92 Å². The Morgan fingerprint density at radius 3 is 2.59 bits per heavy atom. The lowest BCUT2D eigenvalue weighted by Crippen LogP contribution is -2.40. The number of thioether (sulfide) groups is 1. The van der Waals surface area contributed by atoms with Crippen molar-refractivity contribution in [2.45, 2.75) is 57.0 Å². The van der Waals surface area contributed by atoms with Gasteiger partial charge in [-0.2, -0.15) is 0 Å². The summed E-state index contributed by atoms with van der Waals surface area (Å²) < 4.78 is 1.69. The zero-order valence-corrected chi connectivity index (χ0v) is 17.6. The molecule has 7 heteroatoms. The van der Waals surface area contributed by atoms with Gasteiger partial charge in [-0.05, 0) is 50.3 Å². The van der Waals surface area contributed by atoms with E-state index >= 15 is 0 Å². The van der Waals surface area contributed by atoms with Gasteiger partial charge in [-0.25, -0.2) is 4.98 Å². The second-order valence-corrected chi connectivity index (χ2v) is 9.26. The van der Waals surface area contributed by atoms with Gasteiger partial charge < -0.3 is 4.90 Å². The van der Waals surface area contributed by atoms with Crippen LogP contribution in [0, 0.1) is 5.92 Å². The third kappa shape index (κ3) is 4.66. The number of aromatic nitrogens is 2. The first-order valence-electron chi connectivity index (χ1n) is 9.52. The molecule has 2 heterocycles. The fourth-order valence-electron chi connectivity index (χ4n) is 3.37. The lowest BCUT2D eigenvalue weighted by atomic mass is 10.1. The number of likely N-dealkylation sites (tertiary alicyclic amines) is 1. The van der Waals surface area contributed by atoms with Gasteiger partial charge in [0.2, 0.25) is 5.91 Å². The lowest BCUT2D eigenvalue weighted by Gasteiger charge is -2.29. The predicted octanol–water partition coefficient (Wildman–Crippen LogP) is 4.20. The Morgan fingerprint density at radius 2 is 1.93 bits per heavy atom. The first-order valence-corrected chi connectivity index (χ1v) is 10.8. The first kappa shape index (κ1) is 20.2. The third-order valence-electron chi connectivity index (χ3n) is 4.73. The number of benzene rings is 1. The van der Waals surface area contributed by atoms with E-state index in [2.05, 4.69) is 13.8 Å². The molecule has 3 rings (SSSR count). The van der Waals surface area contributed by atoms with Crippen LogP contribution in [0.15, 0.2) is 28.2 Å². The van der Waals surface area contributed by atoms with Gasteiger partial charge in [-0.3, -0.25) is 14.2 Å². The molecule has 1 aromatic carbocycles. The molecule has 0 bridgehead atoms. The van der Waals surface area contributed by atoms with Crippen LogP contribution < -0.4 is 5.56 Å². The van der Waals surface area contributed by atoms with E-state index in [9.17, 15) is 9.59 Å². The van der Waals surface area contributed by atoms with E-state index in [1.54, 1.807) is 22.8 Å². The molecule has 1 aliphatic rings. The van der Waals surface area contributed by atoms with Crippen LogP contribution in [0.4, 0.5) is 0 Å². The van der Waals surface area contributed by atoms with Crippen LogP contribution in [0.1, 0.15) is 40.0 Å². The fourth-order valence-corrected chi connectivity index (χ4v) is 4.54. The highest BCUT2D eigenvalue weighted by Gasteiger charge is 2.25. The monoisotopic (exact) mass is 407 g/mol. The van der Waals surface area contributed by atoms with E-state index in [4.69, 9.17) is 16.6 Å². The highest BCUT2D eigenvalue weighted by atomic mass is 35.5.